The molecule has 0 aliphatic rings. The van der Waals surface area contributed by atoms with Crippen molar-refractivity contribution in [2.75, 3.05) is 6.54 Å². The van der Waals surface area contributed by atoms with Gasteiger partial charge in [-0.15, -0.1) is 0 Å². The van der Waals surface area contributed by atoms with Crippen molar-refractivity contribution in [1.82, 2.24) is 14.5 Å². The summed E-state index contributed by atoms with van der Waals surface area (Å²) in [5, 5.41) is 0. The van der Waals surface area contributed by atoms with Crippen LogP contribution in [0, 0.1) is 6.92 Å². The predicted molar refractivity (Wildman–Crippen MR) is 59.2 cm³/mol. The number of nitrogens with two attached hydrogens (primary N) is 1. The molecule has 0 fully saturated rings. The number of rotatable bonds is 3. The first-order valence-electron chi connectivity index (χ1n) is 4.95. The molecule has 0 aliphatic heterocycles. The number of hydrogen-bond acceptors (Lipinski definition) is 3. The van der Waals surface area contributed by atoms with Gasteiger partial charge < -0.3 is 10.3 Å². The van der Waals surface area contributed by atoms with Gasteiger partial charge in [-0.2, -0.15) is 0 Å². The predicted octanol–water partition coefficient (Wildman–Crippen LogP) is 1.21. The van der Waals surface area contributed by atoms with Gasteiger partial charge in [0.25, 0.3) is 0 Å². The van der Waals surface area contributed by atoms with E-state index in [2.05, 4.69) is 14.5 Å². The second-order valence-corrected chi connectivity index (χ2v) is 3.41. The Balaban J connectivity index is 2.44. The van der Waals surface area contributed by atoms with Gasteiger partial charge in [-0.05, 0) is 19.1 Å². The normalized spacial score (nSPS) is 10.5. The molecule has 0 amide bonds. The van der Waals surface area contributed by atoms with Gasteiger partial charge in [-0.25, -0.2) is 4.98 Å². The van der Waals surface area contributed by atoms with Crippen LogP contribution in [0.25, 0.3) is 11.4 Å². The molecule has 4 nitrogen and oxygen atoms in total. The third-order valence-corrected chi connectivity index (χ3v) is 2.33. The number of aromatic nitrogens is 3. The van der Waals surface area contributed by atoms with E-state index in [1.165, 1.54) is 0 Å². The van der Waals surface area contributed by atoms with E-state index in [1.807, 2.05) is 31.5 Å². The third kappa shape index (κ3) is 1.89. The van der Waals surface area contributed by atoms with Crippen molar-refractivity contribution in [1.29, 1.82) is 0 Å². The van der Waals surface area contributed by atoms with E-state index in [9.17, 15) is 0 Å². The van der Waals surface area contributed by atoms with Crippen molar-refractivity contribution in [3.63, 3.8) is 0 Å². The van der Waals surface area contributed by atoms with Crippen LogP contribution in [0.4, 0.5) is 0 Å². The van der Waals surface area contributed by atoms with Crippen LogP contribution in [0.2, 0.25) is 0 Å². The minimum absolute atomic E-state index is 0.616. The van der Waals surface area contributed by atoms with E-state index in [0.29, 0.717) is 6.54 Å². The lowest BCUT2D eigenvalue weighted by molar-refractivity contribution is 0.696. The molecule has 0 radical (unpaired) electrons. The summed E-state index contributed by atoms with van der Waals surface area (Å²) in [5.74, 6) is 0.936. The molecule has 4 heteroatoms. The molecule has 0 saturated carbocycles. The zero-order valence-corrected chi connectivity index (χ0v) is 8.72. The van der Waals surface area contributed by atoms with Gasteiger partial charge in [-0.1, -0.05) is 0 Å². The summed E-state index contributed by atoms with van der Waals surface area (Å²) in [6.45, 7) is 3.43. The zero-order chi connectivity index (χ0) is 10.7. The Kier molecular flexibility index (Phi) is 2.78. The Morgan fingerprint density at radius 2 is 2.27 bits per heavy atom. The first-order valence-corrected chi connectivity index (χ1v) is 4.95. The van der Waals surface area contributed by atoms with Crippen molar-refractivity contribution < 1.29 is 0 Å². The molecule has 0 aromatic carbocycles. The van der Waals surface area contributed by atoms with Crippen molar-refractivity contribution >= 4 is 0 Å². The molecule has 0 unspecified atom stereocenters. The fourth-order valence-corrected chi connectivity index (χ4v) is 1.60. The van der Waals surface area contributed by atoms with Gasteiger partial charge in [0.2, 0.25) is 0 Å². The van der Waals surface area contributed by atoms with Gasteiger partial charge in [0.15, 0.2) is 0 Å². The maximum Gasteiger partial charge on any atom is 0.141 e. The highest BCUT2D eigenvalue weighted by Gasteiger charge is 2.07. The first-order chi connectivity index (χ1) is 7.33. The van der Waals surface area contributed by atoms with E-state index in [1.54, 1.807) is 6.20 Å². The van der Waals surface area contributed by atoms with Crippen molar-refractivity contribution in [3.8, 4) is 11.4 Å². The lowest BCUT2D eigenvalue weighted by Crippen LogP contribution is -2.12. The molecule has 15 heavy (non-hydrogen) atoms. The molecule has 0 spiro atoms. The minimum Gasteiger partial charge on any atom is -0.329 e. The lowest BCUT2D eigenvalue weighted by Gasteiger charge is -2.07. The smallest absolute Gasteiger partial charge is 0.141 e. The fourth-order valence-electron chi connectivity index (χ4n) is 1.60. The van der Waals surface area contributed by atoms with Crippen LogP contribution in [0.1, 0.15) is 5.69 Å². The zero-order valence-electron chi connectivity index (χ0n) is 8.72. The number of hydrogen-bond donors (Lipinski definition) is 1. The lowest BCUT2D eigenvalue weighted by atomic mass is 10.2. The van der Waals surface area contributed by atoms with Crippen molar-refractivity contribution in [3.05, 3.63) is 36.4 Å². The van der Waals surface area contributed by atoms with Crippen LogP contribution in [-0.4, -0.2) is 21.1 Å². The summed E-state index contributed by atoms with van der Waals surface area (Å²) >= 11 is 0. The third-order valence-electron chi connectivity index (χ3n) is 2.33. The summed E-state index contributed by atoms with van der Waals surface area (Å²) in [5.41, 5.74) is 7.72. The van der Waals surface area contributed by atoms with Crippen LogP contribution in [0.3, 0.4) is 0 Å². The molecule has 2 aromatic rings. The number of imidazole rings is 1. The second kappa shape index (κ2) is 4.23. The molecule has 0 atom stereocenters. The summed E-state index contributed by atoms with van der Waals surface area (Å²) in [4.78, 5) is 8.46. The fraction of sp³-hybridized carbons (Fsp3) is 0.273. The molecule has 2 heterocycles. The molecule has 2 N–H and O–H groups in total. The van der Waals surface area contributed by atoms with Crippen LogP contribution in [-0.2, 0) is 6.54 Å². The Morgan fingerprint density at radius 1 is 1.40 bits per heavy atom. The molecule has 0 saturated heterocycles. The van der Waals surface area contributed by atoms with Gasteiger partial charge in [0, 0.05) is 42.9 Å². The van der Waals surface area contributed by atoms with Gasteiger partial charge >= 0.3 is 0 Å². The number of aryl methyl sites for hydroxylation is 1. The highest BCUT2D eigenvalue weighted by atomic mass is 15.1. The Labute approximate surface area is 88.8 Å². The molecule has 0 aliphatic carbocycles. The van der Waals surface area contributed by atoms with E-state index < -0.39 is 0 Å². The van der Waals surface area contributed by atoms with Crippen molar-refractivity contribution in [2.24, 2.45) is 5.73 Å². The standard InChI is InChI=1S/C11H14N4/c1-9-7-14-11(15(9)6-4-12)10-3-2-5-13-8-10/h2-3,5,7-8H,4,6,12H2,1H3. The van der Waals surface area contributed by atoms with Crippen LogP contribution >= 0.6 is 0 Å². The summed E-state index contributed by atoms with van der Waals surface area (Å²) in [7, 11) is 0. The molecular weight excluding hydrogens is 188 g/mol. The maximum atomic E-state index is 5.57. The van der Waals surface area contributed by atoms with Gasteiger partial charge in [0.05, 0.1) is 0 Å². The van der Waals surface area contributed by atoms with Crippen LogP contribution in [0.15, 0.2) is 30.7 Å². The summed E-state index contributed by atoms with van der Waals surface area (Å²) < 4.78 is 2.11. The van der Waals surface area contributed by atoms with Crippen LogP contribution in [0.5, 0.6) is 0 Å². The number of nitrogens with zero attached hydrogens (tertiary/aromatic N) is 3. The average Bonchev–Trinajstić information content (AvgIpc) is 2.63. The van der Waals surface area contributed by atoms with Crippen LogP contribution < -0.4 is 5.73 Å². The topological polar surface area (TPSA) is 56.7 Å². The highest BCUT2D eigenvalue weighted by Crippen LogP contribution is 2.17. The summed E-state index contributed by atoms with van der Waals surface area (Å²) in [6, 6.07) is 3.91. The van der Waals surface area contributed by atoms with Gasteiger partial charge in [-0.3, -0.25) is 4.98 Å². The SMILES string of the molecule is Cc1cnc(-c2cccnc2)n1CCN. The second-order valence-electron chi connectivity index (χ2n) is 3.41. The molecule has 2 aromatic heterocycles. The van der Waals surface area contributed by atoms with E-state index in [4.69, 9.17) is 5.73 Å². The molecular formula is C11H14N4. The quantitative estimate of drug-likeness (QED) is 0.814. The van der Waals surface area contributed by atoms with E-state index in [-0.39, 0.29) is 0 Å². The highest BCUT2D eigenvalue weighted by molar-refractivity contribution is 5.54. The molecule has 78 valence electrons. The van der Waals surface area contributed by atoms with Gasteiger partial charge in [0.1, 0.15) is 5.82 Å². The Morgan fingerprint density at radius 3 is 2.93 bits per heavy atom. The van der Waals surface area contributed by atoms with E-state index >= 15 is 0 Å². The summed E-state index contributed by atoms with van der Waals surface area (Å²) in [6.07, 6.45) is 5.43. The first kappa shape index (κ1) is 9.86. The van der Waals surface area contributed by atoms with E-state index in [0.717, 1.165) is 23.6 Å². The Hall–Kier alpha value is -1.68. The molecule has 0 bridgehead atoms. The largest absolute Gasteiger partial charge is 0.329 e. The maximum absolute atomic E-state index is 5.57. The molecule has 2 rings (SSSR count). The Bertz CT molecular complexity index is 433. The monoisotopic (exact) mass is 202 g/mol. The number of pyridine rings is 1. The van der Waals surface area contributed by atoms with Crippen molar-refractivity contribution in [2.45, 2.75) is 13.5 Å². The minimum atomic E-state index is 0.616. The average molecular weight is 202 g/mol.